The summed E-state index contributed by atoms with van der Waals surface area (Å²) in [5, 5.41) is 3.94. The van der Waals surface area contributed by atoms with Crippen molar-refractivity contribution in [3.05, 3.63) is 53.1 Å². The number of hydrogen-bond donors (Lipinski definition) is 1. The Balaban J connectivity index is 2.31. The average molecular weight is 290 g/mol. The molecule has 0 amide bonds. The van der Waals surface area contributed by atoms with Gasteiger partial charge in [0.2, 0.25) is 0 Å². The minimum Gasteiger partial charge on any atom is -0.491 e. The Kier molecular flexibility index (Phi) is 5.05. The second kappa shape index (κ2) is 6.78. The monoisotopic (exact) mass is 289 g/mol. The molecule has 0 aliphatic heterocycles. The molecule has 0 radical (unpaired) electrons. The molecule has 0 aliphatic rings. The fraction of sp³-hybridized carbons (Fsp3) is 0.294. The molecule has 20 heavy (non-hydrogen) atoms. The molecular formula is C17H20ClNO. The van der Waals surface area contributed by atoms with E-state index in [9.17, 15) is 0 Å². The van der Waals surface area contributed by atoms with Crippen LogP contribution in [0.1, 0.15) is 19.4 Å². The lowest BCUT2D eigenvalue weighted by Gasteiger charge is -2.12. The maximum atomic E-state index is 6.07. The number of ether oxygens (including phenoxy) is 1. The summed E-state index contributed by atoms with van der Waals surface area (Å²) in [4.78, 5) is 0. The summed E-state index contributed by atoms with van der Waals surface area (Å²) in [6, 6.07) is 14.2. The molecule has 0 aliphatic carbocycles. The van der Waals surface area contributed by atoms with E-state index in [2.05, 4.69) is 23.5 Å². The van der Waals surface area contributed by atoms with Gasteiger partial charge in [0, 0.05) is 11.6 Å². The summed E-state index contributed by atoms with van der Waals surface area (Å²) in [5.41, 5.74) is 3.56. The number of benzene rings is 2. The number of halogens is 1. The molecule has 0 heterocycles. The van der Waals surface area contributed by atoms with Gasteiger partial charge in [-0.15, -0.1) is 0 Å². The van der Waals surface area contributed by atoms with Crippen molar-refractivity contribution in [2.75, 3.05) is 7.05 Å². The van der Waals surface area contributed by atoms with Crippen molar-refractivity contribution in [1.29, 1.82) is 0 Å². The molecule has 0 fully saturated rings. The molecule has 0 atom stereocenters. The van der Waals surface area contributed by atoms with Gasteiger partial charge in [0.25, 0.3) is 0 Å². The summed E-state index contributed by atoms with van der Waals surface area (Å²) in [6.07, 6.45) is 0.191. The Morgan fingerprint density at radius 2 is 1.80 bits per heavy atom. The van der Waals surface area contributed by atoms with Crippen LogP contribution in [0.2, 0.25) is 5.02 Å². The van der Waals surface area contributed by atoms with E-state index in [1.807, 2.05) is 45.2 Å². The minimum absolute atomic E-state index is 0.191. The van der Waals surface area contributed by atoms with E-state index in [4.69, 9.17) is 16.3 Å². The largest absolute Gasteiger partial charge is 0.491 e. The van der Waals surface area contributed by atoms with Crippen molar-refractivity contribution in [2.24, 2.45) is 0 Å². The third kappa shape index (κ3) is 3.75. The Morgan fingerprint density at radius 3 is 2.40 bits per heavy atom. The zero-order valence-electron chi connectivity index (χ0n) is 12.1. The molecule has 2 rings (SSSR count). The molecule has 0 aromatic heterocycles. The van der Waals surface area contributed by atoms with Crippen molar-refractivity contribution in [2.45, 2.75) is 26.5 Å². The van der Waals surface area contributed by atoms with Crippen LogP contribution in [0.5, 0.6) is 5.75 Å². The second-order valence-corrected chi connectivity index (χ2v) is 5.46. The summed E-state index contributed by atoms with van der Waals surface area (Å²) in [5.74, 6) is 0.896. The van der Waals surface area contributed by atoms with Gasteiger partial charge in [-0.1, -0.05) is 29.8 Å². The topological polar surface area (TPSA) is 21.3 Å². The highest BCUT2D eigenvalue weighted by Crippen LogP contribution is 2.28. The Labute approximate surface area is 125 Å². The predicted octanol–water partition coefficient (Wildman–Crippen LogP) is 4.51. The Hall–Kier alpha value is -1.51. The van der Waals surface area contributed by atoms with E-state index in [1.54, 1.807) is 0 Å². The lowest BCUT2D eigenvalue weighted by Crippen LogP contribution is -2.06. The number of nitrogens with one attached hydrogen (secondary N) is 1. The quantitative estimate of drug-likeness (QED) is 0.874. The van der Waals surface area contributed by atoms with Gasteiger partial charge in [-0.25, -0.2) is 0 Å². The van der Waals surface area contributed by atoms with Gasteiger partial charge >= 0.3 is 0 Å². The third-order valence-corrected chi connectivity index (χ3v) is 3.21. The summed E-state index contributed by atoms with van der Waals surface area (Å²) >= 11 is 6.07. The number of rotatable bonds is 5. The first-order chi connectivity index (χ1) is 9.60. The van der Waals surface area contributed by atoms with E-state index >= 15 is 0 Å². The Bertz CT molecular complexity index is 564. The van der Waals surface area contributed by atoms with Gasteiger partial charge < -0.3 is 10.1 Å². The first-order valence-corrected chi connectivity index (χ1v) is 7.18. The van der Waals surface area contributed by atoms with Crippen LogP contribution < -0.4 is 10.1 Å². The van der Waals surface area contributed by atoms with Crippen LogP contribution in [-0.4, -0.2) is 13.2 Å². The SMILES string of the molecule is CNCc1cc(Cl)ccc1-c1ccc(OC(C)C)cc1. The maximum Gasteiger partial charge on any atom is 0.119 e. The van der Waals surface area contributed by atoms with Crippen LogP contribution in [0.3, 0.4) is 0 Å². The third-order valence-electron chi connectivity index (χ3n) is 2.97. The molecule has 106 valence electrons. The van der Waals surface area contributed by atoms with Crippen molar-refractivity contribution in [3.63, 3.8) is 0 Å². The van der Waals surface area contributed by atoms with Crippen molar-refractivity contribution in [1.82, 2.24) is 5.32 Å². The maximum absolute atomic E-state index is 6.07. The fourth-order valence-electron chi connectivity index (χ4n) is 2.17. The van der Waals surface area contributed by atoms with Crippen LogP contribution in [0, 0.1) is 0 Å². The summed E-state index contributed by atoms with van der Waals surface area (Å²) in [6.45, 7) is 4.84. The van der Waals surface area contributed by atoms with Crippen LogP contribution in [0.4, 0.5) is 0 Å². The lowest BCUT2D eigenvalue weighted by molar-refractivity contribution is 0.242. The summed E-state index contributed by atoms with van der Waals surface area (Å²) in [7, 11) is 1.93. The smallest absolute Gasteiger partial charge is 0.119 e. The van der Waals surface area contributed by atoms with E-state index in [1.165, 1.54) is 16.7 Å². The van der Waals surface area contributed by atoms with Crippen molar-refractivity contribution in [3.8, 4) is 16.9 Å². The second-order valence-electron chi connectivity index (χ2n) is 5.02. The van der Waals surface area contributed by atoms with E-state index < -0.39 is 0 Å². The van der Waals surface area contributed by atoms with Gasteiger partial charge in [0.1, 0.15) is 5.75 Å². The molecule has 0 saturated carbocycles. The van der Waals surface area contributed by atoms with Gasteiger partial charge in [0.15, 0.2) is 0 Å². The minimum atomic E-state index is 0.191. The first kappa shape index (κ1) is 14.9. The Morgan fingerprint density at radius 1 is 1.10 bits per heavy atom. The van der Waals surface area contributed by atoms with E-state index in [0.717, 1.165) is 17.3 Å². The van der Waals surface area contributed by atoms with Gasteiger partial charge in [-0.05, 0) is 61.9 Å². The van der Waals surface area contributed by atoms with Gasteiger partial charge in [-0.2, -0.15) is 0 Å². The molecule has 2 aromatic rings. The van der Waals surface area contributed by atoms with Gasteiger partial charge in [0.05, 0.1) is 6.10 Å². The molecule has 0 spiro atoms. The normalized spacial score (nSPS) is 10.8. The molecule has 2 aromatic carbocycles. The fourth-order valence-corrected chi connectivity index (χ4v) is 2.36. The highest BCUT2D eigenvalue weighted by molar-refractivity contribution is 6.30. The number of hydrogen-bond acceptors (Lipinski definition) is 2. The standard InChI is InChI=1S/C17H20ClNO/c1-12(2)20-16-7-4-13(5-8-16)17-9-6-15(18)10-14(17)11-19-3/h4-10,12,19H,11H2,1-3H3. The highest BCUT2D eigenvalue weighted by Gasteiger charge is 2.06. The lowest BCUT2D eigenvalue weighted by atomic mass is 9.99. The first-order valence-electron chi connectivity index (χ1n) is 6.80. The van der Waals surface area contributed by atoms with Crippen LogP contribution >= 0.6 is 11.6 Å². The molecule has 0 saturated heterocycles. The average Bonchev–Trinajstić information content (AvgIpc) is 2.40. The van der Waals surface area contributed by atoms with E-state index in [-0.39, 0.29) is 6.10 Å². The molecule has 0 bridgehead atoms. The van der Waals surface area contributed by atoms with Crippen LogP contribution in [-0.2, 0) is 6.54 Å². The van der Waals surface area contributed by atoms with Crippen LogP contribution in [0.15, 0.2) is 42.5 Å². The molecule has 2 nitrogen and oxygen atoms in total. The predicted molar refractivity (Wildman–Crippen MR) is 85.4 cm³/mol. The molecule has 1 N–H and O–H groups in total. The van der Waals surface area contributed by atoms with Crippen molar-refractivity contribution >= 4 is 11.6 Å². The highest BCUT2D eigenvalue weighted by atomic mass is 35.5. The zero-order chi connectivity index (χ0) is 14.5. The molecular weight excluding hydrogens is 270 g/mol. The van der Waals surface area contributed by atoms with Crippen molar-refractivity contribution < 1.29 is 4.74 Å². The van der Waals surface area contributed by atoms with Gasteiger partial charge in [-0.3, -0.25) is 0 Å². The molecule has 3 heteroatoms. The van der Waals surface area contributed by atoms with Crippen LogP contribution in [0.25, 0.3) is 11.1 Å². The zero-order valence-corrected chi connectivity index (χ0v) is 12.9. The van der Waals surface area contributed by atoms with E-state index in [0.29, 0.717) is 0 Å². The summed E-state index contributed by atoms with van der Waals surface area (Å²) < 4.78 is 5.67. The molecule has 0 unspecified atom stereocenters.